The molecule has 0 amide bonds. The van der Waals surface area contributed by atoms with E-state index in [1.54, 1.807) is 0 Å². The van der Waals surface area contributed by atoms with E-state index in [1.165, 1.54) is 17.2 Å². The molecule has 3 rings (SSSR count). The van der Waals surface area contributed by atoms with Crippen LogP contribution in [0.4, 0.5) is 0 Å². The number of aliphatic hydroxyl groups excluding tert-OH is 2. The van der Waals surface area contributed by atoms with Crippen LogP contribution in [0.15, 0.2) is 12.5 Å². The summed E-state index contributed by atoms with van der Waals surface area (Å²) in [6.45, 7) is -0.0930. The lowest BCUT2D eigenvalue weighted by atomic mass is 10.1. The van der Waals surface area contributed by atoms with Gasteiger partial charge in [-0.15, -0.1) is 5.10 Å². The molecule has 9 nitrogen and oxygen atoms in total. The first-order valence-corrected chi connectivity index (χ1v) is 6.32. The minimum Gasteiger partial charge on any atom is -0.394 e. The van der Waals surface area contributed by atoms with E-state index in [0.717, 1.165) is 0 Å². The van der Waals surface area contributed by atoms with Gasteiger partial charge in [0.1, 0.15) is 18.5 Å². The van der Waals surface area contributed by atoms with Crippen LogP contribution in [0.5, 0.6) is 0 Å². The number of hydrogen-bond acceptors (Lipinski definition) is 8. The van der Waals surface area contributed by atoms with Crippen LogP contribution in [0.25, 0.3) is 11.2 Å². The summed E-state index contributed by atoms with van der Waals surface area (Å²) in [5.41, 5.74) is -1.01. The highest BCUT2D eigenvalue weighted by Gasteiger charge is 2.53. The first-order chi connectivity index (χ1) is 9.67. The predicted molar refractivity (Wildman–Crippen MR) is 65.4 cm³/mol. The lowest BCUT2D eigenvalue weighted by Gasteiger charge is -2.32. The number of rotatable bonds is 4. The minimum atomic E-state index is -1.75. The molecule has 1 aliphatic rings. The fourth-order valence-electron chi connectivity index (χ4n) is 2.55. The Balaban J connectivity index is 2.04. The van der Waals surface area contributed by atoms with Crippen molar-refractivity contribution in [1.29, 1.82) is 0 Å². The molecule has 0 aromatic carbocycles. The molecule has 1 aliphatic carbocycles. The van der Waals surface area contributed by atoms with Crippen LogP contribution in [0.2, 0.25) is 0 Å². The molecule has 3 unspecified atom stereocenters. The number of aliphatic hydroxyl groups is 3. The molecule has 0 saturated heterocycles. The van der Waals surface area contributed by atoms with Gasteiger partial charge in [-0.25, -0.2) is 9.97 Å². The fraction of sp³-hybridized carbons (Fsp3) is 0.636. The SMILES string of the molecule is OCCOC1CCC(O)C1(O)n1nnc2cncnc21. The quantitative estimate of drug-likeness (QED) is 0.611. The van der Waals surface area contributed by atoms with Gasteiger partial charge in [-0.05, 0) is 12.8 Å². The van der Waals surface area contributed by atoms with Crippen LogP contribution in [0, 0.1) is 0 Å². The van der Waals surface area contributed by atoms with E-state index in [9.17, 15) is 10.2 Å². The summed E-state index contributed by atoms with van der Waals surface area (Å²) < 4.78 is 6.59. The Labute approximate surface area is 113 Å². The zero-order valence-corrected chi connectivity index (χ0v) is 10.6. The third kappa shape index (κ3) is 1.86. The zero-order chi connectivity index (χ0) is 14.2. The van der Waals surface area contributed by atoms with Crippen LogP contribution in [0.3, 0.4) is 0 Å². The second-order valence-corrected chi connectivity index (χ2v) is 4.69. The third-order valence-corrected chi connectivity index (χ3v) is 3.53. The van der Waals surface area contributed by atoms with Crippen molar-refractivity contribution in [3.05, 3.63) is 12.5 Å². The molecule has 0 spiro atoms. The Kier molecular flexibility index (Phi) is 3.34. The molecule has 0 aliphatic heterocycles. The maximum Gasteiger partial charge on any atom is 0.214 e. The monoisotopic (exact) mass is 281 g/mol. The summed E-state index contributed by atoms with van der Waals surface area (Å²) in [5, 5.41) is 37.6. The second-order valence-electron chi connectivity index (χ2n) is 4.69. The molecule has 0 radical (unpaired) electrons. The highest BCUT2D eigenvalue weighted by Crippen LogP contribution is 2.37. The van der Waals surface area contributed by atoms with E-state index in [1.807, 2.05) is 0 Å². The van der Waals surface area contributed by atoms with Crippen molar-refractivity contribution in [2.75, 3.05) is 13.2 Å². The smallest absolute Gasteiger partial charge is 0.214 e. The summed E-state index contributed by atoms with van der Waals surface area (Å²) in [4.78, 5) is 7.86. The average Bonchev–Trinajstić information content (AvgIpc) is 3.01. The van der Waals surface area contributed by atoms with Gasteiger partial charge in [0.15, 0.2) is 11.2 Å². The van der Waals surface area contributed by atoms with Crippen molar-refractivity contribution in [3.63, 3.8) is 0 Å². The summed E-state index contributed by atoms with van der Waals surface area (Å²) in [5.74, 6) is 0. The van der Waals surface area contributed by atoms with E-state index in [0.29, 0.717) is 24.0 Å². The number of ether oxygens (including phenoxy) is 1. The van der Waals surface area contributed by atoms with Gasteiger partial charge >= 0.3 is 0 Å². The molecule has 3 N–H and O–H groups in total. The first kappa shape index (κ1) is 13.3. The van der Waals surface area contributed by atoms with Crippen LogP contribution < -0.4 is 0 Å². The molecular weight excluding hydrogens is 266 g/mol. The molecule has 9 heteroatoms. The Morgan fingerprint density at radius 1 is 1.45 bits per heavy atom. The Morgan fingerprint density at radius 2 is 2.30 bits per heavy atom. The lowest BCUT2D eigenvalue weighted by molar-refractivity contribution is -0.192. The third-order valence-electron chi connectivity index (χ3n) is 3.53. The van der Waals surface area contributed by atoms with Crippen LogP contribution >= 0.6 is 0 Å². The van der Waals surface area contributed by atoms with Crippen LogP contribution in [0.1, 0.15) is 12.8 Å². The van der Waals surface area contributed by atoms with E-state index < -0.39 is 17.9 Å². The summed E-state index contributed by atoms with van der Waals surface area (Å²) >= 11 is 0. The molecule has 1 saturated carbocycles. The first-order valence-electron chi connectivity index (χ1n) is 6.32. The van der Waals surface area contributed by atoms with Crippen molar-refractivity contribution in [3.8, 4) is 0 Å². The highest BCUT2D eigenvalue weighted by molar-refractivity contribution is 5.67. The van der Waals surface area contributed by atoms with E-state index in [-0.39, 0.29) is 13.2 Å². The molecular formula is C11H15N5O4. The molecule has 20 heavy (non-hydrogen) atoms. The molecule has 2 heterocycles. The van der Waals surface area contributed by atoms with Crippen molar-refractivity contribution in [2.45, 2.75) is 30.8 Å². The number of fused-ring (bicyclic) bond motifs is 1. The largest absolute Gasteiger partial charge is 0.394 e. The minimum absolute atomic E-state index is 0.0707. The summed E-state index contributed by atoms with van der Waals surface area (Å²) in [6.07, 6.45) is 1.86. The van der Waals surface area contributed by atoms with Crippen LogP contribution in [-0.2, 0) is 10.5 Å². The Bertz CT molecular complexity index is 605. The van der Waals surface area contributed by atoms with Crippen molar-refractivity contribution in [2.24, 2.45) is 0 Å². The normalized spacial score (nSPS) is 30.1. The van der Waals surface area contributed by atoms with Gasteiger partial charge in [0.25, 0.3) is 0 Å². The average molecular weight is 281 g/mol. The summed E-state index contributed by atoms with van der Waals surface area (Å²) in [7, 11) is 0. The van der Waals surface area contributed by atoms with Gasteiger partial charge < -0.3 is 20.1 Å². The molecule has 3 atom stereocenters. The van der Waals surface area contributed by atoms with E-state index in [4.69, 9.17) is 9.84 Å². The van der Waals surface area contributed by atoms with E-state index in [2.05, 4.69) is 20.3 Å². The highest BCUT2D eigenvalue weighted by atomic mass is 16.5. The number of aromatic nitrogens is 5. The second kappa shape index (κ2) is 5.02. The summed E-state index contributed by atoms with van der Waals surface area (Å²) in [6, 6.07) is 0. The molecule has 1 fully saturated rings. The van der Waals surface area contributed by atoms with Crippen molar-refractivity contribution >= 4 is 11.2 Å². The maximum atomic E-state index is 10.8. The van der Waals surface area contributed by atoms with Crippen molar-refractivity contribution in [1.82, 2.24) is 25.0 Å². The zero-order valence-electron chi connectivity index (χ0n) is 10.6. The Hall–Kier alpha value is -1.68. The topological polar surface area (TPSA) is 126 Å². The molecule has 2 aromatic heterocycles. The molecule has 108 valence electrons. The number of hydrogen-bond donors (Lipinski definition) is 3. The predicted octanol–water partition coefficient (Wildman–Crippen LogP) is -1.60. The van der Waals surface area contributed by atoms with Gasteiger partial charge in [0, 0.05) is 0 Å². The van der Waals surface area contributed by atoms with Gasteiger partial charge in [-0.3, -0.25) is 0 Å². The maximum absolute atomic E-state index is 10.8. The number of nitrogens with zero attached hydrogens (tertiary/aromatic N) is 5. The van der Waals surface area contributed by atoms with E-state index >= 15 is 0 Å². The van der Waals surface area contributed by atoms with Crippen molar-refractivity contribution < 1.29 is 20.1 Å². The van der Waals surface area contributed by atoms with Crippen LogP contribution in [-0.4, -0.2) is 65.7 Å². The van der Waals surface area contributed by atoms with Gasteiger partial charge in [0.05, 0.1) is 19.4 Å². The van der Waals surface area contributed by atoms with Gasteiger partial charge in [-0.1, -0.05) is 5.21 Å². The lowest BCUT2D eigenvalue weighted by Crippen LogP contribution is -2.50. The fourth-order valence-corrected chi connectivity index (χ4v) is 2.55. The standard InChI is InChI=1S/C11H15N5O4/c17-3-4-20-9-2-1-8(18)11(9,19)16-10-7(14-15-16)5-12-6-13-10/h5-6,8-9,17-19H,1-4H2. The van der Waals surface area contributed by atoms with Gasteiger partial charge in [-0.2, -0.15) is 4.68 Å². The van der Waals surface area contributed by atoms with Gasteiger partial charge in [0.2, 0.25) is 5.72 Å². The molecule has 2 aromatic rings. The Morgan fingerprint density at radius 3 is 3.10 bits per heavy atom. The molecule has 0 bridgehead atoms.